The summed E-state index contributed by atoms with van der Waals surface area (Å²) < 4.78 is 44.8. The zero-order valence-corrected chi connectivity index (χ0v) is 20.2. The standard InChI is InChI=1S/C26H30F3N3O3/c1-4-25(2,3)18-8-9-22-21(15-18)32(24(34)17-35-22)16-23(33)31-12-10-30(11-13-31)20-7-5-6-19(14-20)26(27,28)29/h5-9,14-15H,4,10-13,16-17H2,1-3H3. The van der Waals surface area contributed by atoms with E-state index in [0.29, 0.717) is 43.3 Å². The molecule has 0 aromatic heterocycles. The van der Waals surface area contributed by atoms with Crippen molar-refractivity contribution in [1.82, 2.24) is 4.90 Å². The summed E-state index contributed by atoms with van der Waals surface area (Å²) >= 11 is 0. The SMILES string of the molecule is CCC(C)(C)c1ccc2c(c1)N(CC(=O)N1CCN(c3cccc(C(F)(F)F)c3)CC1)C(=O)CO2. The molecule has 2 aromatic rings. The van der Waals surface area contributed by atoms with Crippen LogP contribution in [0.25, 0.3) is 0 Å². The average molecular weight is 490 g/mol. The van der Waals surface area contributed by atoms with E-state index >= 15 is 0 Å². The molecular formula is C26H30F3N3O3. The second-order valence-electron chi connectivity index (χ2n) is 9.60. The molecule has 2 aliphatic heterocycles. The Morgan fingerprint density at radius 2 is 1.71 bits per heavy atom. The van der Waals surface area contributed by atoms with Gasteiger partial charge in [0.1, 0.15) is 12.3 Å². The highest BCUT2D eigenvalue weighted by Gasteiger charge is 2.33. The van der Waals surface area contributed by atoms with Crippen LogP contribution >= 0.6 is 0 Å². The third-order valence-electron chi connectivity index (χ3n) is 7.03. The number of halogens is 3. The first-order valence-electron chi connectivity index (χ1n) is 11.8. The normalized spacial score (nSPS) is 16.7. The number of carbonyl (C=O) groups excluding carboxylic acids is 2. The molecule has 2 heterocycles. The lowest BCUT2D eigenvalue weighted by molar-refractivity contribution is -0.137. The predicted octanol–water partition coefficient (Wildman–Crippen LogP) is 4.47. The van der Waals surface area contributed by atoms with Crippen molar-refractivity contribution in [2.24, 2.45) is 0 Å². The van der Waals surface area contributed by atoms with Gasteiger partial charge in [0.25, 0.3) is 5.91 Å². The summed E-state index contributed by atoms with van der Waals surface area (Å²) in [6, 6.07) is 11.0. The highest BCUT2D eigenvalue weighted by atomic mass is 19.4. The first-order valence-corrected chi connectivity index (χ1v) is 11.8. The number of ether oxygens (including phenoxy) is 1. The molecule has 1 saturated heterocycles. The Labute approximate surface area is 203 Å². The largest absolute Gasteiger partial charge is 0.482 e. The average Bonchev–Trinajstić information content (AvgIpc) is 2.85. The molecule has 0 spiro atoms. The maximum Gasteiger partial charge on any atom is 0.416 e. The minimum atomic E-state index is -4.40. The molecule has 2 amide bonds. The Bertz CT molecular complexity index is 1110. The second-order valence-corrected chi connectivity index (χ2v) is 9.60. The smallest absolute Gasteiger partial charge is 0.416 e. The Balaban J connectivity index is 1.44. The number of alkyl halides is 3. The molecule has 0 N–H and O–H groups in total. The van der Waals surface area contributed by atoms with Gasteiger partial charge >= 0.3 is 6.18 Å². The van der Waals surface area contributed by atoms with Crippen molar-refractivity contribution in [2.75, 3.05) is 49.1 Å². The molecule has 0 bridgehead atoms. The number of hydrogen-bond acceptors (Lipinski definition) is 4. The predicted molar refractivity (Wildman–Crippen MR) is 128 cm³/mol. The van der Waals surface area contributed by atoms with Crippen LogP contribution in [0.3, 0.4) is 0 Å². The quantitative estimate of drug-likeness (QED) is 0.622. The van der Waals surface area contributed by atoms with Crippen molar-refractivity contribution in [3.05, 3.63) is 53.6 Å². The molecule has 9 heteroatoms. The number of amides is 2. The van der Waals surface area contributed by atoms with E-state index in [0.717, 1.165) is 24.1 Å². The first kappa shape index (κ1) is 24.9. The topological polar surface area (TPSA) is 53.1 Å². The molecule has 188 valence electrons. The van der Waals surface area contributed by atoms with E-state index in [9.17, 15) is 22.8 Å². The fraction of sp³-hybridized carbons (Fsp3) is 0.462. The maximum absolute atomic E-state index is 13.1. The van der Waals surface area contributed by atoms with Crippen LogP contribution in [-0.4, -0.2) is 56.0 Å². The number of rotatable bonds is 5. The number of carbonyl (C=O) groups is 2. The zero-order chi connectivity index (χ0) is 25.4. The molecule has 0 unspecified atom stereocenters. The summed E-state index contributed by atoms with van der Waals surface area (Å²) in [5.41, 5.74) is 1.35. The fourth-order valence-electron chi connectivity index (χ4n) is 4.33. The fourth-order valence-corrected chi connectivity index (χ4v) is 4.33. The van der Waals surface area contributed by atoms with Crippen LogP contribution in [0.1, 0.15) is 38.3 Å². The van der Waals surface area contributed by atoms with Gasteiger partial charge in [-0.2, -0.15) is 13.2 Å². The Kier molecular flexibility index (Phi) is 6.71. The van der Waals surface area contributed by atoms with Crippen LogP contribution in [-0.2, 0) is 21.2 Å². The summed E-state index contributed by atoms with van der Waals surface area (Å²) in [5.74, 6) is 0.0948. The molecule has 35 heavy (non-hydrogen) atoms. The molecule has 1 fully saturated rings. The van der Waals surface area contributed by atoms with Crippen LogP contribution in [0.5, 0.6) is 5.75 Å². The van der Waals surface area contributed by atoms with E-state index in [4.69, 9.17) is 4.74 Å². The summed E-state index contributed by atoms with van der Waals surface area (Å²) in [7, 11) is 0. The van der Waals surface area contributed by atoms with Crippen molar-refractivity contribution in [1.29, 1.82) is 0 Å². The number of anilines is 2. The number of benzene rings is 2. The third-order valence-corrected chi connectivity index (χ3v) is 7.03. The van der Waals surface area contributed by atoms with Gasteiger partial charge in [0.2, 0.25) is 5.91 Å². The van der Waals surface area contributed by atoms with E-state index in [1.165, 1.54) is 11.0 Å². The van der Waals surface area contributed by atoms with Gasteiger partial charge in [-0.1, -0.05) is 32.9 Å². The molecule has 4 rings (SSSR count). The van der Waals surface area contributed by atoms with Gasteiger partial charge in [-0.3, -0.25) is 14.5 Å². The van der Waals surface area contributed by atoms with Gasteiger partial charge in [0.15, 0.2) is 6.61 Å². The minimum Gasteiger partial charge on any atom is -0.482 e. The lowest BCUT2D eigenvalue weighted by Gasteiger charge is -2.38. The number of fused-ring (bicyclic) bond motifs is 1. The Hall–Kier alpha value is -3.23. The van der Waals surface area contributed by atoms with Crippen molar-refractivity contribution >= 4 is 23.2 Å². The second kappa shape index (κ2) is 9.43. The van der Waals surface area contributed by atoms with Crippen LogP contribution < -0.4 is 14.5 Å². The van der Waals surface area contributed by atoms with Crippen molar-refractivity contribution < 1.29 is 27.5 Å². The molecule has 6 nitrogen and oxygen atoms in total. The Morgan fingerprint density at radius 1 is 1.00 bits per heavy atom. The zero-order valence-electron chi connectivity index (χ0n) is 20.2. The first-order chi connectivity index (χ1) is 16.5. The third kappa shape index (κ3) is 5.23. The number of nitrogens with zero attached hydrogens (tertiary/aromatic N) is 3. The molecule has 0 aliphatic carbocycles. The molecule has 0 radical (unpaired) electrons. The van der Waals surface area contributed by atoms with Gasteiger partial charge in [-0.05, 0) is 47.7 Å². The van der Waals surface area contributed by atoms with Gasteiger partial charge in [0.05, 0.1) is 11.3 Å². The van der Waals surface area contributed by atoms with Gasteiger partial charge in [0, 0.05) is 31.9 Å². The van der Waals surface area contributed by atoms with Gasteiger partial charge < -0.3 is 14.5 Å². The monoisotopic (exact) mass is 489 g/mol. The lowest BCUT2D eigenvalue weighted by Crippen LogP contribution is -2.53. The van der Waals surface area contributed by atoms with Crippen molar-refractivity contribution in [3.8, 4) is 5.75 Å². The van der Waals surface area contributed by atoms with E-state index in [1.807, 2.05) is 23.1 Å². The molecule has 2 aliphatic rings. The molecule has 2 aromatic carbocycles. The summed E-state index contributed by atoms with van der Waals surface area (Å²) in [6.45, 7) is 7.67. The molecule has 0 saturated carbocycles. The van der Waals surface area contributed by atoms with Crippen LogP contribution in [0.2, 0.25) is 0 Å². The summed E-state index contributed by atoms with van der Waals surface area (Å²) in [4.78, 5) is 30.8. The van der Waals surface area contributed by atoms with Gasteiger partial charge in [-0.25, -0.2) is 0 Å². The van der Waals surface area contributed by atoms with Crippen molar-refractivity contribution in [3.63, 3.8) is 0 Å². The summed E-state index contributed by atoms with van der Waals surface area (Å²) in [6.07, 6.45) is -3.49. The lowest BCUT2D eigenvalue weighted by atomic mass is 9.82. The van der Waals surface area contributed by atoms with E-state index < -0.39 is 11.7 Å². The van der Waals surface area contributed by atoms with E-state index in [2.05, 4.69) is 20.8 Å². The van der Waals surface area contributed by atoms with E-state index in [-0.39, 0.29) is 30.4 Å². The Morgan fingerprint density at radius 3 is 2.37 bits per heavy atom. The van der Waals surface area contributed by atoms with Crippen LogP contribution in [0.4, 0.5) is 24.5 Å². The highest BCUT2D eigenvalue weighted by Crippen LogP contribution is 2.37. The number of hydrogen-bond donors (Lipinski definition) is 0. The van der Waals surface area contributed by atoms with Crippen LogP contribution in [0.15, 0.2) is 42.5 Å². The maximum atomic E-state index is 13.1. The summed E-state index contributed by atoms with van der Waals surface area (Å²) in [5, 5.41) is 0. The van der Waals surface area contributed by atoms with Gasteiger partial charge in [-0.15, -0.1) is 0 Å². The highest BCUT2D eigenvalue weighted by molar-refractivity contribution is 6.02. The molecular weight excluding hydrogens is 459 g/mol. The van der Waals surface area contributed by atoms with Crippen LogP contribution in [0, 0.1) is 0 Å². The van der Waals surface area contributed by atoms with Crippen molar-refractivity contribution in [2.45, 2.75) is 38.8 Å². The minimum absolute atomic E-state index is 0.0923. The molecule has 0 atom stereocenters. The number of piperazine rings is 1. The van der Waals surface area contributed by atoms with E-state index in [1.54, 1.807) is 11.0 Å².